The number of carboxylic acids is 1. The number of hydrogen-bond donors (Lipinski definition) is 2. The van der Waals surface area contributed by atoms with Crippen molar-refractivity contribution in [3.8, 4) is 28.5 Å². The van der Waals surface area contributed by atoms with Gasteiger partial charge in [-0.05, 0) is 47.2 Å². The van der Waals surface area contributed by atoms with Gasteiger partial charge in [0.25, 0.3) is 0 Å². The van der Waals surface area contributed by atoms with Gasteiger partial charge in [-0.25, -0.2) is 9.18 Å². The summed E-state index contributed by atoms with van der Waals surface area (Å²) in [4.78, 5) is 14.5. The lowest BCUT2D eigenvalue weighted by molar-refractivity contribution is 0.0696. The molecule has 2 N–H and O–H groups in total. The highest BCUT2D eigenvalue weighted by Gasteiger charge is 2.24. The number of aromatic amines is 1. The Morgan fingerprint density at radius 3 is 2.73 bits per heavy atom. The fraction of sp³-hybridized carbons (Fsp3) is 0.120. The highest BCUT2D eigenvalue weighted by atomic mass is 19.1. The summed E-state index contributed by atoms with van der Waals surface area (Å²) in [5, 5.41) is 19.0. The first-order valence-electron chi connectivity index (χ1n) is 9.72. The molecule has 3 aromatic carbocycles. The molecule has 0 aliphatic heterocycles. The lowest BCUT2D eigenvalue weighted by Crippen LogP contribution is -2.05. The van der Waals surface area contributed by atoms with Crippen LogP contribution in [0.4, 0.5) is 4.39 Å². The molecule has 1 aliphatic rings. The maximum Gasteiger partial charge on any atom is 0.335 e. The number of benzene rings is 3. The van der Waals surface area contributed by atoms with Crippen molar-refractivity contribution in [2.75, 3.05) is 0 Å². The van der Waals surface area contributed by atoms with Gasteiger partial charge in [-0.3, -0.25) is 0 Å². The predicted molar refractivity (Wildman–Crippen MR) is 113 cm³/mol. The molecule has 30 heavy (non-hydrogen) atoms. The van der Waals surface area contributed by atoms with E-state index in [-0.39, 0.29) is 17.8 Å². The fourth-order valence-electron chi connectivity index (χ4n) is 4.37. The molecule has 1 aliphatic carbocycles. The number of aromatic carboxylic acids is 1. The quantitative estimate of drug-likeness (QED) is 0.480. The lowest BCUT2D eigenvalue weighted by atomic mass is 9.88. The Bertz CT molecular complexity index is 1380. The summed E-state index contributed by atoms with van der Waals surface area (Å²) in [5.74, 6) is -1.27. The van der Waals surface area contributed by atoms with Crippen LogP contribution in [0.15, 0.2) is 54.6 Å². The van der Waals surface area contributed by atoms with Crippen molar-refractivity contribution >= 4 is 16.9 Å². The highest BCUT2D eigenvalue weighted by Crippen LogP contribution is 2.40. The summed E-state index contributed by atoms with van der Waals surface area (Å²) in [6.45, 7) is 0. The van der Waals surface area contributed by atoms with Gasteiger partial charge >= 0.3 is 5.97 Å². The maximum atomic E-state index is 15.5. The Balaban J connectivity index is 1.66. The van der Waals surface area contributed by atoms with Crippen molar-refractivity contribution in [1.82, 2.24) is 4.98 Å². The number of carbonyl (C=O) groups is 1. The van der Waals surface area contributed by atoms with Crippen LogP contribution in [0.2, 0.25) is 0 Å². The van der Waals surface area contributed by atoms with E-state index < -0.39 is 5.97 Å². The normalized spacial score (nSPS) is 12.3. The molecular formula is C25H17FN2O2. The fourth-order valence-corrected chi connectivity index (χ4v) is 4.37. The number of carboxylic acid groups (broad SMARTS) is 1. The molecule has 0 bridgehead atoms. The third-order valence-electron chi connectivity index (χ3n) is 5.81. The Hall–Kier alpha value is -3.91. The minimum atomic E-state index is -0.949. The van der Waals surface area contributed by atoms with Gasteiger partial charge in [0, 0.05) is 16.5 Å². The zero-order valence-corrected chi connectivity index (χ0v) is 16.0. The summed E-state index contributed by atoms with van der Waals surface area (Å²) in [6.07, 6.45) is 1.72. The molecule has 5 heteroatoms. The van der Waals surface area contributed by atoms with Crippen LogP contribution >= 0.6 is 0 Å². The van der Waals surface area contributed by atoms with Crippen LogP contribution in [0, 0.1) is 17.1 Å². The molecule has 0 saturated carbocycles. The summed E-state index contributed by atoms with van der Waals surface area (Å²) in [7, 11) is 0. The summed E-state index contributed by atoms with van der Waals surface area (Å²) in [6, 6.07) is 18.3. The van der Waals surface area contributed by atoms with Gasteiger partial charge in [0.05, 0.1) is 29.3 Å². The second kappa shape index (κ2) is 6.85. The number of nitrogens with one attached hydrogen (secondary N) is 1. The molecule has 5 rings (SSSR count). The first-order valence-corrected chi connectivity index (χ1v) is 9.72. The molecule has 146 valence electrons. The molecule has 0 spiro atoms. The minimum Gasteiger partial charge on any atom is -0.478 e. The molecule has 1 heterocycles. The molecule has 4 nitrogen and oxygen atoms in total. The number of rotatable bonds is 3. The molecule has 0 radical (unpaired) electrons. The third-order valence-corrected chi connectivity index (χ3v) is 5.81. The van der Waals surface area contributed by atoms with Gasteiger partial charge in [0.15, 0.2) is 5.82 Å². The van der Waals surface area contributed by atoms with Crippen molar-refractivity contribution in [3.63, 3.8) is 0 Å². The van der Waals surface area contributed by atoms with Crippen molar-refractivity contribution in [2.24, 2.45) is 0 Å². The SMILES string of the molecule is N#CCc1cccc(-c2ccc3c4c([nH]c3c2F)-c2ccc(C(=O)O)cc2CC4)c1. The average Bonchev–Trinajstić information content (AvgIpc) is 3.14. The van der Waals surface area contributed by atoms with Crippen LogP contribution in [0.1, 0.15) is 27.0 Å². The van der Waals surface area contributed by atoms with Crippen LogP contribution < -0.4 is 0 Å². The number of fused-ring (bicyclic) bond motifs is 5. The Labute approximate surface area is 172 Å². The number of nitrogens with zero attached hydrogens (tertiary/aromatic N) is 1. The second-order valence-corrected chi connectivity index (χ2v) is 7.54. The molecule has 0 unspecified atom stereocenters. The zero-order valence-electron chi connectivity index (χ0n) is 16.0. The molecule has 0 amide bonds. The van der Waals surface area contributed by atoms with E-state index in [1.807, 2.05) is 30.3 Å². The number of halogens is 1. The first kappa shape index (κ1) is 18.1. The van der Waals surface area contributed by atoms with E-state index in [4.69, 9.17) is 5.26 Å². The van der Waals surface area contributed by atoms with Crippen molar-refractivity contribution < 1.29 is 14.3 Å². The van der Waals surface area contributed by atoms with Gasteiger partial charge in [0.2, 0.25) is 0 Å². The topological polar surface area (TPSA) is 76.9 Å². The van der Waals surface area contributed by atoms with Crippen LogP contribution in [0.25, 0.3) is 33.3 Å². The highest BCUT2D eigenvalue weighted by molar-refractivity contribution is 5.96. The number of hydrogen-bond acceptors (Lipinski definition) is 2. The minimum absolute atomic E-state index is 0.263. The summed E-state index contributed by atoms with van der Waals surface area (Å²) in [5.41, 5.74) is 6.60. The zero-order chi connectivity index (χ0) is 20.8. The number of aromatic nitrogens is 1. The Morgan fingerprint density at radius 2 is 1.93 bits per heavy atom. The maximum absolute atomic E-state index is 15.5. The van der Waals surface area contributed by atoms with E-state index in [1.54, 1.807) is 24.3 Å². The average molecular weight is 396 g/mol. The van der Waals surface area contributed by atoms with Crippen molar-refractivity contribution in [3.05, 3.63) is 82.7 Å². The van der Waals surface area contributed by atoms with Crippen molar-refractivity contribution in [1.29, 1.82) is 5.26 Å². The molecule has 1 aromatic heterocycles. The van der Waals surface area contributed by atoms with Crippen molar-refractivity contribution in [2.45, 2.75) is 19.3 Å². The van der Waals surface area contributed by atoms with Crippen LogP contribution in [0.3, 0.4) is 0 Å². The van der Waals surface area contributed by atoms with Gasteiger partial charge in [-0.15, -0.1) is 0 Å². The largest absolute Gasteiger partial charge is 0.478 e. The van der Waals surface area contributed by atoms with Gasteiger partial charge in [0.1, 0.15) is 0 Å². The van der Waals surface area contributed by atoms with Crippen LogP contribution in [0.5, 0.6) is 0 Å². The van der Waals surface area contributed by atoms with Gasteiger partial charge in [-0.2, -0.15) is 5.26 Å². The third kappa shape index (κ3) is 2.77. The monoisotopic (exact) mass is 396 g/mol. The molecule has 0 fully saturated rings. The van der Waals surface area contributed by atoms with E-state index in [0.29, 0.717) is 11.1 Å². The second-order valence-electron chi connectivity index (χ2n) is 7.54. The Morgan fingerprint density at radius 1 is 1.10 bits per heavy atom. The predicted octanol–water partition coefficient (Wildman–Crippen LogP) is 5.50. The van der Waals surface area contributed by atoms with E-state index in [0.717, 1.165) is 51.7 Å². The van der Waals surface area contributed by atoms with E-state index in [9.17, 15) is 9.90 Å². The number of nitriles is 1. The smallest absolute Gasteiger partial charge is 0.335 e. The molecular weight excluding hydrogens is 379 g/mol. The number of aryl methyl sites for hydroxylation is 2. The molecule has 4 aromatic rings. The lowest BCUT2D eigenvalue weighted by Gasteiger charge is -2.17. The van der Waals surface area contributed by atoms with Crippen LogP contribution in [-0.2, 0) is 19.3 Å². The molecule has 0 atom stereocenters. The first-order chi connectivity index (χ1) is 14.6. The summed E-state index contributed by atoms with van der Waals surface area (Å²) >= 11 is 0. The van der Waals surface area contributed by atoms with E-state index >= 15 is 4.39 Å². The summed E-state index contributed by atoms with van der Waals surface area (Å²) < 4.78 is 15.5. The molecule has 0 saturated heterocycles. The Kier molecular flexibility index (Phi) is 4.14. The van der Waals surface area contributed by atoms with E-state index in [2.05, 4.69) is 11.1 Å². The van der Waals surface area contributed by atoms with Gasteiger partial charge < -0.3 is 10.1 Å². The van der Waals surface area contributed by atoms with Crippen LogP contribution in [-0.4, -0.2) is 16.1 Å². The van der Waals surface area contributed by atoms with Gasteiger partial charge in [-0.1, -0.05) is 42.5 Å². The number of H-pyrrole nitrogens is 1. The van der Waals surface area contributed by atoms with E-state index in [1.165, 1.54) is 0 Å². The standard InChI is InChI=1S/C25H17FN2O2/c26-22-18(15-3-1-2-14(12-15)10-11-27)8-9-21-20-7-4-16-13-17(25(29)30)5-6-19(16)23(20)28-24(21)22/h1-3,5-6,8-9,12-13,28H,4,7,10H2,(H,29,30).